The zero-order valence-corrected chi connectivity index (χ0v) is 25.4. The zero-order chi connectivity index (χ0) is 26.2. The van der Waals surface area contributed by atoms with Crippen molar-refractivity contribution >= 4 is 14.1 Å². The van der Waals surface area contributed by atoms with Gasteiger partial charge in [0.05, 0.1) is 8.07 Å². The van der Waals surface area contributed by atoms with E-state index in [0.717, 1.165) is 0 Å². The van der Waals surface area contributed by atoms with E-state index in [4.69, 9.17) is 0 Å². The molecule has 2 aromatic carbocycles. The Morgan fingerprint density at radius 3 is 1.86 bits per heavy atom. The summed E-state index contributed by atoms with van der Waals surface area (Å²) in [6.07, 6.45) is 7.71. The first kappa shape index (κ1) is 25.5. The summed E-state index contributed by atoms with van der Waals surface area (Å²) in [5, 5.41) is 0. The normalized spacial score (nSPS) is 20.7. The molecular weight excluding hydrogens is 448 g/mol. The number of allylic oxidation sites excluding steroid dienone is 5. The van der Waals surface area contributed by atoms with Gasteiger partial charge in [-0.3, -0.25) is 0 Å². The summed E-state index contributed by atoms with van der Waals surface area (Å²) in [6, 6.07) is 12.2. The largest absolute Gasteiger partial charge is 0.0717 e. The van der Waals surface area contributed by atoms with E-state index < -0.39 is 8.07 Å². The maximum atomic E-state index is 2.67. The van der Waals surface area contributed by atoms with Crippen molar-refractivity contribution in [2.24, 2.45) is 0 Å². The van der Waals surface area contributed by atoms with Crippen LogP contribution in [0.2, 0.25) is 18.6 Å². The van der Waals surface area contributed by atoms with Crippen LogP contribution in [0.4, 0.5) is 0 Å². The minimum Gasteiger partial charge on any atom is -0.0679 e. The minimum absolute atomic E-state index is 0.186. The molecule has 0 radical (unpaired) electrons. The van der Waals surface area contributed by atoms with Gasteiger partial charge in [0.15, 0.2) is 0 Å². The van der Waals surface area contributed by atoms with Crippen LogP contribution in [0.1, 0.15) is 102 Å². The molecule has 1 atom stereocenters. The summed E-state index contributed by atoms with van der Waals surface area (Å²) >= 11 is 0. The van der Waals surface area contributed by atoms with Crippen LogP contribution in [-0.2, 0) is 18.3 Å². The smallest absolute Gasteiger partial charge is 0.0679 e. The highest BCUT2D eigenvalue weighted by molar-refractivity contribution is 6.82. The molecule has 0 fully saturated rings. The van der Waals surface area contributed by atoms with Gasteiger partial charge in [-0.2, -0.15) is 0 Å². The Morgan fingerprint density at radius 2 is 1.31 bits per heavy atom. The Hall–Kier alpha value is -2.12. The summed E-state index contributed by atoms with van der Waals surface area (Å²) in [7, 11) is -1.75. The molecule has 5 rings (SSSR count). The molecule has 1 heteroatoms. The summed E-state index contributed by atoms with van der Waals surface area (Å²) in [5.41, 5.74) is 20.3. The summed E-state index contributed by atoms with van der Waals surface area (Å²) < 4.78 is 0. The second-order valence-corrected chi connectivity index (χ2v) is 18.4. The molecule has 0 heterocycles. The van der Waals surface area contributed by atoms with Gasteiger partial charge in [0.2, 0.25) is 0 Å². The number of hydrogen-bond acceptors (Lipinski definition) is 0. The second-order valence-electron chi connectivity index (χ2n) is 13.6. The van der Waals surface area contributed by atoms with E-state index in [0.29, 0.717) is 11.1 Å². The van der Waals surface area contributed by atoms with Gasteiger partial charge in [0.1, 0.15) is 0 Å². The van der Waals surface area contributed by atoms with Gasteiger partial charge in [0, 0.05) is 5.54 Å². The fourth-order valence-corrected chi connectivity index (χ4v) is 13.3. The Bertz CT molecular complexity index is 1290. The molecule has 0 bridgehead atoms. The van der Waals surface area contributed by atoms with Crippen molar-refractivity contribution in [3.63, 3.8) is 0 Å². The van der Waals surface area contributed by atoms with E-state index in [1.54, 1.807) is 50.1 Å². The number of hydrogen-bond donors (Lipinski definition) is 0. The monoisotopic (exact) mass is 494 g/mol. The molecule has 0 aromatic heterocycles. The molecule has 190 valence electrons. The average Bonchev–Trinajstić information content (AvgIpc) is 3.27. The van der Waals surface area contributed by atoms with E-state index >= 15 is 0 Å². The van der Waals surface area contributed by atoms with Crippen LogP contribution in [0.25, 0.3) is 17.2 Å². The SMILES string of the molecule is CC1=Cc2c(cc(-c3ccc(C(C)(C)C)cc3)c3c2CCCC3)C1[Si](C)(C)C1C(C)=C(C)C(C)=C1C. The molecule has 0 saturated heterocycles. The number of rotatable bonds is 3. The average molecular weight is 495 g/mol. The first-order chi connectivity index (χ1) is 16.8. The standard InChI is InChI=1S/C35H46Si/c1-21-19-31-29-14-12-11-13-28(29)30(26-15-17-27(18-16-26)35(6,7)8)20-32(31)33(21)36(9,10)34-24(4)22(2)23(3)25(34)5/h15-20,33-34H,11-14H2,1-10H3. The molecule has 3 aliphatic rings. The van der Waals surface area contributed by atoms with E-state index in [1.807, 2.05) is 0 Å². The maximum absolute atomic E-state index is 2.67. The predicted octanol–water partition coefficient (Wildman–Crippen LogP) is 10.3. The van der Waals surface area contributed by atoms with Crippen LogP contribution in [0.3, 0.4) is 0 Å². The van der Waals surface area contributed by atoms with Crippen LogP contribution >= 0.6 is 0 Å². The van der Waals surface area contributed by atoms with Crippen LogP contribution < -0.4 is 0 Å². The van der Waals surface area contributed by atoms with Gasteiger partial charge in [-0.15, -0.1) is 0 Å². The number of fused-ring (bicyclic) bond motifs is 3. The molecule has 0 aliphatic heterocycles. The quantitative estimate of drug-likeness (QED) is 0.372. The third-order valence-electron chi connectivity index (χ3n) is 10.0. The lowest BCUT2D eigenvalue weighted by Gasteiger charge is -2.40. The van der Waals surface area contributed by atoms with Crippen molar-refractivity contribution in [3.8, 4) is 11.1 Å². The van der Waals surface area contributed by atoms with Crippen molar-refractivity contribution in [2.45, 2.75) is 111 Å². The van der Waals surface area contributed by atoms with E-state index in [9.17, 15) is 0 Å². The zero-order valence-electron chi connectivity index (χ0n) is 24.4. The van der Waals surface area contributed by atoms with Crippen LogP contribution in [-0.4, -0.2) is 8.07 Å². The molecule has 0 nitrogen and oxygen atoms in total. The lowest BCUT2D eigenvalue weighted by Crippen LogP contribution is -2.41. The van der Waals surface area contributed by atoms with Gasteiger partial charge >= 0.3 is 0 Å². The summed E-state index contributed by atoms with van der Waals surface area (Å²) in [4.78, 5) is 0. The lowest BCUT2D eigenvalue weighted by molar-refractivity contribution is 0.590. The summed E-state index contributed by atoms with van der Waals surface area (Å²) in [6.45, 7) is 24.2. The van der Waals surface area contributed by atoms with Crippen molar-refractivity contribution in [3.05, 3.63) is 86.0 Å². The Balaban J connectivity index is 1.67. The maximum Gasteiger partial charge on any atom is 0.0717 e. The topological polar surface area (TPSA) is 0 Å². The highest BCUT2D eigenvalue weighted by Gasteiger charge is 2.47. The van der Waals surface area contributed by atoms with Gasteiger partial charge < -0.3 is 0 Å². The summed E-state index contributed by atoms with van der Waals surface area (Å²) in [5.74, 6) is 0. The third kappa shape index (κ3) is 3.85. The predicted molar refractivity (Wildman–Crippen MR) is 162 cm³/mol. The second kappa shape index (κ2) is 8.73. The first-order valence-corrected chi connectivity index (χ1v) is 17.3. The Morgan fingerprint density at radius 1 is 0.750 bits per heavy atom. The molecule has 2 aromatic rings. The van der Waals surface area contributed by atoms with Crippen LogP contribution in [0.15, 0.2) is 58.2 Å². The van der Waals surface area contributed by atoms with Crippen LogP contribution in [0, 0.1) is 0 Å². The van der Waals surface area contributed by atoms with E-state index in [-0.39, 0.29) is 5.41 Å². The van der Waals surface area contributed by atoms with Crippen LogP contribution in [0.5, 0.6) is 0 Å². The number of benzene rings is 2. The molecule has 0 saturated carbocycles. The fraction of sp³-hybridized carbons (Fsp3) is 0.486. The lowest BCUT2D eigenvalue weighted by atomic mass is 9.80. The molecule has 3 aliphatic carbocycles. The molecule has 36 heavy (non-hydrogen) atoms. The van der Waals surface area contributed by atoms with Crippen molar-refractivity contribution in [1.29, 1.82) is 0 Å². The van der Waals surface area contributed by atoms with E-state index in [1.165, 1.54) is 42.4 Å². The third-order valence-corrected chi connectivity index (χ3v) is 14.6. The van der Waals surface area contributed by atoms with Gasteiger partial charge in [-0.25, -0.2) is 0 Å². The molecule has 0 spiro atoms. The Kier molecular flexibility index (Phi) is 6.19. The van der Waals surface area contributed by atoms with Crippen molar-refractivity contribution in [1.82, 2.24) is 0 Å². The highest BCUT2D eigenvalue weighted by Crippen LogP contribution is 2.56. The van der Waals surface area contributed by atoms with Crippen molar-refractivity contribution in [2.75, 3.05) is 0 Å². The fourth-order valence-electron chi connectivity index (χ4n) is 7.99. The minimum atomic E-state index is -1.75. The Labute approximate surface area is 221 Å². The molecule has 0 amide bonds. The molecular formula is C35H46Si. The van der Waals surface area contributed by atoms with E-state index in [2.05, 4.69) is 105 Å². The van der Waals surface area contributed by atoms with Gasteiger partial charge in [-0.05, 0) is 127 Å². The highest BCUT2D eigenvalue weighted by atomic mass is 28.3. The van der Waals surface area contributed by atoms with Gasteiger partial charge in [0.25, 0.3) is 0 Å². The van der Waals surface area contributed by atoms with Gasteiger partial charge in [-0.1, -0.05) is 80.9 Å². The molecule has 0 N–H and O–H groups in total. The molecule has 1 unspecified atom stereocenters. The van der Waals surface area contributed by atoms with Crippen molar-refractivity contribution < 1.29 is 0 Å². The first-order valence-electron chi connectivity index (χ1n) is 14.2.